The predicted molar refractivity (Wildman–Crippen MR) is 97.5 cm³/mol. The van der Waals surface area contributed by atoms with Crippen LogP contribution in [0.3, 0.4) is 0 Å². The van der Waals surface area contributed by atoms with Crippen molar-refractivity contribution in [1.29, 1.82) is 0 Å². The minimum absolute atomic E-state index is 0.189. The Morgan fingerprint density at radius 3 is 2.42 bits per heavy atom. The summed E-state index contributed by atoms with van der Waals surface area (Å²) in [4.78, 5) is 16.3. The fraction of sp³-hybridized carbons (Fsp3) is 0.333. The summed E-state index contributed by atoms with van der Waals surface area (Å²) in [7, 11) is 0. The van der Waals surface area contributed by atoms with E-state index in [1.807, 2.05) is 45.0 Å². The standard InChI is InChI=1S/C18H21BrN2O3/c1-18(2,3)24-11-10-23-16-9-4-13(12-20-16)17(22)21-15-7-5-14(19)6-8-15/h4-9,12H,10-11H2,1-3H3,(H,21,22). The third-order valence-corrected chi connectivity index (χ3v) is 3.50. The first-order chi connectivity index (χ1) is 11.3. The second-order valence-electron chi connectivity index (χ2n) is 6.16. The van der Waals surface area contributed by atoms with Crippen molar-refractivity contribution in [3.8, 4) is 5.88 Å². The van der Waals surface area contributed by atoms with Crippen LogP contribution in [0, 0.1) is 0 Å². The van der Waals surface area contributed by atoms with E-state index in [2.05, 4.69) is 26.2 Å². The lowest BCUT2D eigenvalue weighted by atomic mass is 10.2. The van der Waals surface area contributed by atoms with Gasteiger partial charge in [0.05, 0.1) is 17.8 Å². The van der Waals surface area contributed by atoms with Gasteiger partial charge in [-0.05, 0) is 51.1 Å². The molecule has 2 aromatic rings. The maximum absolute atomic E-state index is 12.2. The van der Waals surface area contributed by atoms with Gasteiger partial charge < -0.3 is 14.8 Å². The van der Waals surface area contributed by atoms with Crippen LogP contribution in [0.25, 0.3) is 0 Å². The van der Waals surface area contributed by atoms with Crippen LogP contribution in [-0.2, 0) is 4.74 Å². The number of carbonyl (C=O) groups is 1. The van der Waals surface area contributed by atoms with Crippen molar-refractivity contribution in [1.82, 2.24) is 4.98 Å². The van der Waals surface area contributed by atoms with Gasteiger partial charge in [-0.1, -0.05) is 15.9 Å². The lowest BCUT2D eigenvalue weighted by Gasteiger charge is -2.19. The van der Waals surface area contributed by atoms with E-state index in [9.17, 15) is 4.79 Å². The Labute approximate surface area is 150 Å². The molecular weight excluding hydrogens is 372 g/mol. The van der Waals surface area contributed by atoms with Gasteiger partial charge in [-0.15, -0.1) is 0 Å². The van der Waals surface area contributed by atoms with E-state index in [-0.39, 0.29) is 11.5 Å². The molecule has 5 nitrogen and oxygen atoms in total. The SMILES string of the molecule is CC(C)(C)OCCOc1ccc(C(=O)Nc2ccc(Br)cc2)cn1. The summed E-state index contributed by atoms with van der Waals surface area (Å²) in [5.74, 6) is 0.250. The highest BCUT2D eigenvalue weighted by Crippen LogP contribution is 2.15. The number of hydrogen-bond acceptors (Lipinski definition) is 4. The number of anilines is 1. The number of halogens is 1. The average Bonchev–Trinajstić information content (AvgIpc) is 2.53. The number of nitrogens with zero attached hydrogens (tertiary/aromatic N) is 1. The van der Waals surface area contributed by atoms with E-state index in [1.54, 1.807) is 12.1 Å². The van der Waals surface area contributed by atoms with Gasteiger partial charge in [0.2, 0.25) is 5.88 Å². The zero-order valence-corrected chi connectivity index (χ0v) is 15.6. The van der Waals surface area contributed by atoms with E-state index in [1.165, 1.54) is 6.20 Å². The Kier molecular flexibility index (Phi) is 6.34. The second-order valence-corrected chi connectivity index (χ2v) is 7.07. The third-order valence-electron chi connectivity index (χ3n) is 2.97. The molecular formula is C18H21BrN2O3. The molecule has 0 saturated carbocycles. The van der Waals surface area contributed by atoms with Crippen molar-refractivity contribution in [2.24, 2.45) is 0 Å². The molecule has 0 aliphatic carbocycles. The van der Waals surface area contributed by atoms with Gasteiger partial charge in [0.1, 0.15) is 6.61 Å². The monoisotopic (exact) mass is 392 g/mol. The molecule has 1 amide bonds. The molecule has 24 heavy (non-hydrogen) atoms. The van der Waals surface area contributed by atoms with Gasteiger partial charge in [0.15, 0.2) is 0 Å². The van der Waals surface area contributed by atoms with Crippen molar-refractivity contribution in [3.05, 3.63) is 52.6 Å². The molecule has 1 aromatic carbocycles. The van der Waals surface area contributed by atoms with Crippen LogP contribution in [0.1, 0.15) is 31.1 Å². The number of pyridine rings is 1. The highest BCUT2D eigenvalue weighted by molar-refractivity contribution is 9.10. The minimum atomic E-state index is -0.215. The molecule has 1 heterocycles. The Hall–Kier alpha value is -1.92. The molecule has 1 N–H and O–H groups in total. The first-order valence-corrected chi connectivity index (χ1v) is 8.42. The topological polar surface area (TPSA) is 60.5 Å². The molecule has 6 heteroatoms. The minimum Gasteiger partial charge on any atom is -0.475 e. The largest absolute Gasteiger partial charge is 0.475 e. The lowest BCUT2D eigenvalue weighted by molar-refractivity contribution is -0.0168. The van der Waals surface area contributed by atoms with Crippen molar-refractivity contribution in [2.75, 3.05) is 18.5 Å². The van der Waals surface area contributed by atoms with E-state index in [0.717, 1.165) is 10.2 Å². The molecule has 0 spiro atoms. The molecule has 0 atom stereocenters. The molecule has 0 saturated heterocycles. The highest BCUT2D eigenvalue weighted by Gasteiger charge is 2.10. The predicted octanol–water partition coefficient (Wildman–Crippen LogP) is 4.29. The fourth-order valence-corrected chi connectivity index (χ4v) is 2.09. The summed E-state index contributed by atoms with van der Waals surface area (Å²) in [5.41, 5.74) is 1.00. The average molecular weight is 393 g/mol. The third kappa shape index (κ3) is 6.29. The number of amides is 1. The number of carbonyl (C=O) groups excluding carboxylic acids is 1. The molecule has 0 fully saturated rings. The molecule has 0 radical (unpaired) electrons. The van der Waals surface area contributed by atoms with Crippen molar-refractivity contribution in [2.45, 2.75) is 26.4 Å². The Bertz CT molecular complexity index is 664. The Balaban J connectivity index is 1.84. The van der Waals surface area contributed by atoms with Crippen molar-refractivity contribution >= 4 is 27.5 Å². The summed E-state index contributed by atoms with van der Waals surface area (Å²) in [6.07, 6.45) is 1.49. The molecule has 2 rings (SSSR count). The van der Waals surface area contributed by atoms with Crippen LogP contribution in [0.2, 0.25) is 0 Å². The summed E-state index contributed by atoms with van der Waals surface area (Å²) in [6.45, 7) is 6.87. The van der Waals surface area contributed by atoms with Crippen molar-refractivity contribution < 1.29 is 14.3 Å². The summed E-state index contributed by atoms with van der Waals surface area (Å²) < 4.78 is 12.0. The van der Waals surface area contributed by atoms with Gasteiger partial charge in [-0.25, -0.2) is 4.98 Å². The van der Waals surface area contributed by atoms with Crippen LogP contribution in [0.4, 0.5) is 5.69 Å². The number of aromatic nitrogens is 1. The van der Waals surface area contributed by atoms with Gasteiger partial charge in [0, 0.05) is 22.4 Å². The zero-order valence-electron chi connectivity index (χ0n) is 14.0. The van der Waals surface area contributed by atoms with Crippen LogP contribution in [0.15, 0.2) is 47.1 Å². The van der Waals surface area contributed by atoms with Crippen molar-refractivity contribution in [3.63, 3.8) is 0 Å². The maximum Gasteiger partial charge on any atom is 0.257 e. The number of benzene rings is 1. The first kappa shape index (κ1) is 18.4. The summed E-state index contributed by atoms with van der Waals surface area (Å²) in [5, 5.41) is 2.81. The van der Waals surface area contributed by atoms with Gasteiger partial charge >= 0.3 is 0 Å². The zero-order chi connectivity index (χ0) is 17.6. The quantitative estimate of drug-likeness (QED) is 0.744. The van der Waals surface area contributed by atoms with Crippen LogP contribution >= 0.6 is 15.9 Å². The molecule has 0 unspecified atom stereocenters. The molecule has 0 aliphatic rings. The second kappa shape index (κ2) is 8.26. The van der Waals surface area contributed by atoms with Crippen LogP contribution in [0.5, 0.6) is 5.88 Å². The van der Waals surface area contributed by atoms with E-state index >= 15 is 0 Å². The fourth-order valence-electron chi connectivity index (χ4n) is 1.83. The highest BCUT2D eigenvalue weighted by atomic mass is 79.9. The summed E-state index contributed by atoms with van der Waals surface area (Å²) >= 11 is 3.36. The molecule has 0 bridgehead atoms. The maximum atomic E-state index is 12.2. The van der Waals surface area contributed by atoms with E-state index in [0.29, 0.717) is 24.7 Å². The number of ether oxygens (including phenoxy) is 2. The smallest absolute Gasteiger partial charge is 0.257 e. The van der Waals surface area contributed by atoms with Crippen LogP contribution in [-0.4, -0.2) is 29.7 Å². The molecule has 0 aliphatic heterocycles. The molecule has 1 aromatic heterocycles. The summed E-state index contributed by atoms with van der Waals surface area (Å²) in [6, 6.07) is 10.7. The van der Waals surface area contributed by atoms with E-state index in [4.69, 9.17) is 9.47 Å². The number of rotatable bonds is 6. The van der Waals surface area contributed by atoms with Gasteiger partial charge in [-0.3, -0.25) is 4.79 Å². The lowest BCUT2D eigenvalue weighted by Crippen LogP contribution is -2.22. The number of hydrogen-bond donors (Lipinski definition) is 1. The van der Waals surface area contributed by atoms with Crippen LogP contribution < -0.4 is 10.1 Å². The number of nitrogens with one attached hydrogen (secondary N) is 1. The first-order valence-electron chi connectivity index (χ1n) is 7.63. The van der Waals surface area contributed by atoms with Gasteiger partial charge in [-0.2, -0.15) is 0 Å². The Morgan fingerprint density at radius 1 is 1.12 bits per heavy atom. The normalized spacial score (nSPS) is 11.2. The Morgan fingerprint density at radius 2 is 1.83 bits per heavy atom. The molecule has 128 valence electrons. The van der Waals surface area contributed by atoms with E-state index < -0.39 is 0 Å². The van der Waals surface area contributed by atoms with Gasteiger partial charge in [0.25, 0.3) is 5.91 Å².